The molecule has 0 radical (unpaired) electrons. The van der Waals surface area contributed by atoms with Crippen LogP contribution in [-0.2, 0) is 14.3 Å². The third-order valence-electron chi connectivity index (χ3n) is 4.36. The van der Waals surface area contributed by atoms with Crippen molar-refractivity contribution in [2.45, 2.75) is 38.0 Å². The molecule has 1 heterocycles. The molecule has 2 aromatic carbocycles. The van der Waals surface area contributed by atoms with Crippen LogP contribution in [0.15, 0.2) is 36.4 Å². The predicted octanol–water partition coefficient (Wildman–Crippen LogP) is 2.70. The Kier molecular flexibility index (Phi) is 4.73. The van der Waals surface area contributed by atoms with Gasteiger partial charge in [0.15, 0.2) is 0 Å². The number of ether oxygens (including phenoxy) is 1. The smallest absolute Gasteiger partial charge is 0.249 e. The topological polar surface area (TPSA) is 81.4 Å². The summed E-state index contributed by atoms with van der Waals surface area (Å²) in [6, 6.07) is 11.3. The molecule has 0 bridgehead atoms. The van der Waals surface area contributed by atoms with E-state index >= 15 is 0 Å². The number of carbonyl (C=O) groups excluding carboxylic acids is 2. The van der Waals surface area contributed by atoms with Gasteiger partial charge in [-0.15, -0.1) is 0 Å². The molecule has 1 fully saturated rings. The number of amides is 2. The normalized spacial score (nSPS) is 21.6. The maximum Gasteiger partial charge on any atom is 0.249 e. The molecule has 3 atom stereocenters. The lowest BCUT2D eigenvalue weighted by Crippen LogP contribution is -2.38. The zero-order valence-electron chi connectivity index (χ0n) is 13.3. The van der Waals surface area contributed by atoms with Gasteiger partial charge in [0.05, 0.1) is 6.04 Å². The van der Waals surface area contributed by atoms with Crippen LogP contribution in [0.2, 0.25) is 5.02 Å². The number of benzene rings is 2. The fourth-order valence-electron chi connectivity index (χ4n) is 3.09. The van der Waals surface area contributed by atoms with Crippen LogP contribution in [-0.4, -0.2) is 24.0 Å². The van der Waals surface area contributed by atoms with Crippen LogP contribution >= 0.6 is 11.6 Å². The van der Waals surface area contributed by atoms with E-state index in [2.05, 4.69) is 5.32 Å². The molecule has 3 rings (SSSR count). The first-order valence-electron chi connectivity index (χ1n) is 7.89. The second-order valence-corrected chi connectivity index (χ2v) is 6.41. The second-order valence-electron chi connectivity index (χ2n) is 6.01. The van der Waals surface area contributed by atoms with Gasteiger partial charge >= 0.3 is 0 Å². The Balaban J connectivity index is 1.76. The van der Waals surface area contributed by atoms with E-state index < -0.39 is 18.1 Å². The molecule has 0 saturated carbocycles. The van der Waals surface area contributed by atoms with Crippen LogP contribution in [0.1, 0.15) is 31.4 Å². The number of hydrogen-bond acceptors (Lipinski definition) is 3. The summed E-state index contributed by atoms with van der Waals surface area (Å²) < 4.78 is 5.42. The maximum absolute atomic E-state index is 12.4. The van der Waals surface area contributed by atoms with Crippen LogP contribution in [0.5, 0.6) is 0 Å². The Bertz CT molecular complexity index is 793. The van der Waals surface area contributed by atoms with Gasteiger partial charge in [0.2, 0.25) is 11.8 Å². The lowest BCUT2D eigenvalue weighted by atomic mass is 9.99. The summed E-state index contributed by atoms with van der Waals surface area (Å²) in [5, 5.41) is 5.58. The van der Waals surface area contributed by atoms with Crippen molar-refractivity contribution < 1.29 is 14.3 Å². The lowest BCUT2D eigenvalue weighted by Gasteiger charge is -2.19. The molecule has 1 aliphatic heterocycles. The Labute approximate surface area is 145 Å². The average Bonchev–Trinajstić information content (AvgIpc) is 3.06. The number of rotatable bonds is 4. The molecule has 1 aliphatic rings. The molecule has 126 valence electrons. The summed E-state index contributed by atoms with van der Waals surface area (Å²) in [5.41, 5.74) is 6.20. The third-order valence-corrected chi connectivity index (χ3v) is 4.69. The van der Waals surface area contributed by atoms with Gasteiger partial charge in [-0.1, -0.05) is 41.9 Å². The first kappa shape index (κ1) is 16.7. The van der Waals surface area contributed by atoms with E-state index in [0.29, 0.717) is 17.9 Å². The van der Waals surface area contributed by atoms with Gasteiger partial charge in [-0.25, -0.2) is 0 Å². The minimum atomic E-state index is -0.674. The highest BCUT2D eigenvalue weighted by molar-refractivity contribution is 6.35. The Hall–Kier alpha value is -2.11. The van der Waals surface area contributed by atoms with Crippen molar-refractivity contribution in [2.24, 2.45) is 5.73 Å². The molecule has 0 aliphatic carbocycles. The van der Waals surface area contributed by atoms with E-state index in [1.807, 2.05) is 43.3 Å². The van der Waals surface area contributed by atoms with Crippen molar-refractivity contribution in [3.8, 4) is 0 Å². The van der Waals surface area contributed by atoms with Crippen molar-refractivity contribution in [3.63, 3.8) is 0 Å². The zero-order valence-corrected chi connectivity index (χ0v) is 14.0. The first-order valence-corrected chi connectivity index (χ1v) is 8.27. The summed E-state index contributed by atoms with van der Waals surface area (Å²) >= 11 is 6.24. The van der Waals surface area contributed by atoms with Gasteiger partial charge in [-0.2, -0.15) is 0 Å². The molecule has 2 aromatic rings. The van der Waals surface area contributed by atoms with Crippen molar-refractivity contribution in [1.82, 2.24) is 5.32 Å². The van der Waals surface area contributed by atoms with Gasteiger partial charge in [0.25, 0.3) is 0 Å². The number of carbonyl (C=O) groups is 2. The number of primary amides is 1. The summed E-state index contributed by atoms with van der Waals surface area (Å²) in [6.45, 7) is 1.91. The van der Waals surface area contributed by atoms with Crippen LogP contribution in [0, 0.1) is 0 Å². The van der Waals surface area contributed by atoms with Gasteiger partial charge in [-0.05, 0) is 36.8 Å². The van der Waals surface area contributed by atoms with Crippen LogP contribution in [0.3, 0.4) is 0 Å². The standard InChI is InChI=1S/C18H19ClN2O3/c1-10(21-18(23)16-9-8-15(24-16)17(20)22)11-6-7-14(19)13-5-3-2-4-12(11)13/h2-7,10,15-16H,8-9H2,1H3,(H2,20,22)(H,21,23)/t10-,15+,16-/m0/s1. The number of nitrogens with one attached hydrogen (secondary N) is 1. The minimum Gasteiger partial charge on any atom is -0.367 e. The fourth-order valence-corrected chi connectivity index (χ4v) is 3.31. The number of nitrogens with two attached hydrogens (primary N) is 1. The predicted molar refractivity (Wildman–Crippen MR) is 92.6 cm³/mol. The molecule has 0 spiro atoms. The number of fused-ring (bicyclic) bond motifs is 1. The summed E-state index contributed by atoms with van der Waals surface area (Å²) in [6.07, 6.45) is -0.338. The molecule has 0 unspecified atom stereocenters. The highest BCUT2D eigenvalue weighted by atomic mass is 35.5. The Morgan fingerprint density at radius 2 is 1.83 bits per heavy atom. The van der Waals surface area contributed by atoms with Gasteiger partial charge < -0.3 is 15.8 Å². The number of hydrogen-bond donors (Lipinski definition) is 2. The molecule has 24 heavy (non-hydrogen) atoms. The summed E-state index contributed by atoms with van der Waals surface area (Å²) in [5.74, 6) is -0.757. The molecule has 0 aromatic heterocycles. The van der Waals surface area contributed by atoms with Crippen molar-refractivity contribution >= 4 is 34.2 Å². The fraction of sp³-hybridized carbons (Fsp3) is 0.333. The quantitative estimate of drug-likeness (QED) is 0.893. The Morgan fingerprint density at radius 3 is 2.50 bits per heavy atom. The molecular weight excluding hydrogens is 328 g/mol. The second kappa shape index (κ2) is 6.79. The summed E-state index contributed by atoms with van der Waals surface area (Å²) in [7, 11) is 0. The van der Waals surface area contributed by atoms with E-state index in [0.717, 1.165) is 16.3 Å². The highest BCUT2D eigenvalue weighted by Gasteiger charge is 2.34. The number of halogens is 1. The monoisotopic (exact) mass is 346 g/mol. The largest absolute Gasteiger partial charge is 0.367 e. The minimum absolute atomic E-state index is 0.212. The van der Waals surface area contributed by atoms with Crippen LogP contribution in [0.4, 0.5) is 0 Å². The van der Waals surface area contributed by atoms with Crippen molar-refractivity contribution in [2.75, 3.05) is 0 Å². The molecular formula is C18H19ClN2O3. The first-order chi connectivity index (χ1) is 11.5. The third kappa shape index (κ3) is 3.23. The molecule has 6 heteroatoms. The zero-order chi connectivity index (χ0) is 17.3. The Morgan fingerprint density at radius 1 is 1.17 bits per heavy atom. The van der Waals surface area contributed by atoms with E-state index in [1.54, 1.807) is 0 Å². The molecule has 1 saturated heterocycles. The van der Waals surface area contributed by atoms with E-state index in [9.17, 15) is 9.59 Å². The maximum atomic E-state index is 12.4. The van der Waals surface area contributed by atoms with Gasteiger partial charge in [-0.3, -0.25) is 9.59 Å². The lowest BCUT2D eigenvalue weighted by molar-refractivity contribution is -0.137. The van der Waals surface area contributed by atoms with Crippen molar-refractivity contribution in [1.29, 1.82) is 0 Å². The molecule has 2 amide bonds. The van der Waals surface area contributed by atoms with Crippen molar-refractivity contribution in [3.05, 3.63) is 47.0 Å². The summed E-state index contributed by atoms with van der Waals surface area (Å²) in [4.78, 5) is 23.5. The van der Waals surface area contributed by atoms with E-state index in [1.165, 1.54) is 0 Å². The van der Waals surface area contributed by atoms with Crippen LogP contribution in [0.25, 0.3) is 10.8 Å². The average molecular weight is 347 g/mol. The van der Waals surface area contributed by atoms with E-state index in [-0.39, 0.29) is 11.9 Å². The van der Waals surface area contributed by atoms with Gasteiger partial charge in [0, 0.05) is 10.4 Å². The highest BCUT2D eigenvalue weighted by Crippen LogP contribution is 2.30. The molecule has 5 nitrogen and oxygen atoms in total. The SMILES string of the molecule is C[C@H](NC(=O)[C@@H]1CC[C@H](C(N)=O)O1)c1ccc(Cl)c2ccccc12. The molecule has 3 N–H and O–H groups in total. The van der Waals surface area contributed by atoms with Crippen LogP contribution < -0.4 is 11.1 Å². The van der Waals surface area contributed by atoms with E-state index in [4.69, 9.17) is 22.1 Å². The van der Waals surface area contributed by atoms with Gasteiger partial charge in [0.1, 0.15) is 12.2 Å².